The summed E-state index contributed by atoms with van der Waals surface area (Å²) in [7, 11) is 0. The van der Waals surface area contributed by atoms with Crippen LogP contribution in [0.3, 0.4) is 0 Å². The van der Waals surface area contributed by atoms with E-state index in [0.717, 1.165) is 5.56 Å². The molecule has 0 aliphatic heterocycles. The fraction of sp³-hybridized carbons (Fsp3) is 0.200. The number of carbonyl (C=O) groups excluding carboxylic acids is 1. The number of benzene rings is 1. The summed E-state index contributed by atoms with van der Waals surface area (Å²) in [4.78, 5) is 11.1. The first-order valence-electron chi connectivity index (χ1n) is 4.04. The quantitative estimate of drug-likeness (QED) is 0.821. The molecule has 0 heterocycles. The number of amides is 1. The first-order chi connectivity index (χ1) is 6.67. The number of hydrogen-bond donors (Lipinski definition) is 1. The standard InChI is InChI=1S/C10H9BrN2O/c1-7-2-3-8(6-12)4-9(7)13-10(14)5-11/h2-4H,5H2,1H3,(H,13,14). The second-order valence-electron chi connectivity index (χ2n) is 2.82. The van der Waals surface area contributed by atoms with Crippen molar-refractivity contribution in [2.24, 2.45) is 0 Å². The molecule has 0 aliphatic rings. The van der Waals surface area contributed by atoms with Crippen LogP contribution in [0.1, 0.15) is 11.1 Å². The minimum Gasteiger partial charge on any atom is -0.325 e. The van der Waals surface area contributed by atoms with Crippen LogP contribution in [0.5, 0.6) is 0 Å². The Labute approximate surface area is 90.9 Å². The second-order valence-corrected chi connectivity index (χ2v) is 3.38. The number of anilines is 1. The molecule has 1 aromatic carbocycles. The van der Waals surface area contributed by atoms with Gasteiger partial charge in [-0.3, -0.25) is 4.79 Å². The van der Waals surface area contributed by atoms with Gasteiger partial charge in [0.1, 0.15) is 0 Å². The summed E-state index contributed by atoms with van der Waals surface area (Å²) in [5, 5.41) is 11.6. The third-order valence-electron chi connectivity index (χ3n) is 1.76. The molecule has 0 atom stereocenters. The zero-order valence-corrected chi connectivity index (χ0v) is 9.26. The zero-order valence-electron chi connectivity index (χ0n) is 7.67. The molecule has 4 heteroatoms. The van der Waals surface area contributed by atoms with E-state index in [1.54, 1.807) is 12.1 Å². The van der Waals surface area contributed by atoms with Gasteiger partial charge in [-0.1, -0.05) is 22.0 Å². The number of nitrogens with zero attached hydrogens (tertiary/aromatic N) is 1. The molecule has 0 saturated heterocycles. The predicted molar refractivity (Wildman–Crippen MR) is 58.3 cm³/mol. The highest BCUT2D eigenvalue weighted by Gasteiger charge is 2.03. The molecule has 1 N–H and O–H groups in total. The topological polar surface area (TPSA) is 52.9 Å². The fourth-order valence-corrected chi connectivity index (χ4v) is 1.15. The highest BCUT2D eigenvalue weighted by Crippen LogP contribution is 2.16. The third-order valence-corrected chi connectivity index (χ3v) is 2.27. The van der Waals surface area contributed by atoms with E-state index < -0.39 is 0 Å². The van der Waals surface area contributed by atoms with Crippen molar-refractivity contribution in [3.63, 3.8) is 0 Å². The lowest BCUT2D eigenvalue weighted by atomic mass is 10.1. The number of aryl methyl sites for hydroxylation is 1. The van der Waals surface area contributed by atoms with E-state index in [2.05, 4.69) is 21.2 Å². The van der Waals surface area contributed by atoms with E-state index in [9.17, 15) is 4.79 Å². The largest absolute Gasteiger partial charge is 0.325 e. The molecular weight excluding hydrogens is 244 g/mol. The zero-order chi connectivity index (χ0) is 10.6. The van der Waals surface area contributed by atoms with E-state index in [-0.39, 0.29) is 11.2 Å². The molecule has 0 radical (unpaired) electrons. The Hall–Kier alpha value is -1.34. The van der Waals surface area contributed by atoms with Crippen LogP contribution in [0, 0.1) is 18.3 Å². The monoisotopic (exact) mass is 252 g/mol. The van der Waals surface area contributed by atoms with Crippen molar-refractivity contribution in [1.29, 1.82) is 5.26 Å². The van der Waals surface area contributed by atoms with Gasteiger partial charge in [0.25, 0.3) is 0 Å². The van der Waals surface area contributed by atoms with Crippen molar-refractivity contribution in [3.8, 4) is 6.07 Å². The maximum atomic E-state index is 11.1. The van der Waals surface area contributed by atoms with Crippen molar-refractivity contribution in [3.05, 3.63) is 29.3 Å². The molecule has 0 aliphatic carbocycles. The minimum absolute atomic E-state index is 0.122. The van der Waals surface area contributed by atoms with Crippen LogP contribution >= 0.6 is 15.9 Å². The molecule has 0 aromatic heterocycles. The van der Waals surface area contributed by atoms with E-state index in [0.29, 0.717) is 11.3 Å². The van der Waals surface area contributed by atoms with Gasteiger partial charge in [-0.25, -0.2) is 0 Å². The van der Waals surface area contributed by atoms with E-state index >= 15 is 0 Å². The van der Waals surface area contributed by atoms with Gasteiger partial charge >= 0.3 is 0 Å². The molecule has 0 unspecified atom stereocenters. The molecular formula is C10H9BrN2O. The second kappa shape index (κ2) is 4.77. The molecule has 3 nitrogen and oxygen atoms in total. The normalized spacial score (nSPS) is 9.21. The van der Waals surface area contributed by atoms with Crippen LogP contribution in [0.2, 0.25) is 0 Å². The van der Waals surface area contributed by atoms with Crippen molar-refractivity contribution in [2.75, 3.05) is 10.6 Å². The van der Waals surface area contributed by atoms with Crippen LogP contribution < -0.4 is 5.32 Å². The summed E-state index contributed by atoms with van der Waals surface area (Å²) >= 11 is 3.06. The van der Waals surface area contributed by atoms with Gasteiger partial charge in [0.15, 0.2) is 0 Å². The van der Waals surface area contributed by atoms with Crippen LogP contribution in [-0.2, 0) is 4.79 Å². The summed E-state index contributed by atoms with van der Waals surface area (Å²) in [5.74, 6) is -0.122. The van der Waals surface area contributed by atoms with E-state index in [1.807, 2.05) is 19.1 Å². The molecule has 0 fully saturated rings. The Bertz CT molecular complexity index is 396. The maximum absolute atomic E-state index is 11.1. The maximum Gasteiger partial charge on any atom is 0.235 e. The van der Waals surface area contributed by atoms with Crippen LogP contribution in [0.4, 0.5) is 5.69 Å². The van der Waals surface area contributed by atoms with Gasteiger partial charge in [-0.05, 0) is 24.6 Å². The summed E-state index contributed by atoms with van der Waals surface area (Å²) in [6.45, 7) is 1.88. The van der Waals surface area contributed by atoms with E-state index in [4.69, 9.17) is 5.26 Å². The summed E-state index contributed by atoms with van der Waals surface area (Å²) in [6, 6.07) is 7.21. The smallest absolute Gasteiger partial charge is 0.235 e. The Morgan fingerprint density at radius 3 is 2.93 bits per heavy atom. The van der Waals surface area contributed by atoms with E-state index in [1.165, 1.54) is 0 Å². The molecule has 1 aromatic rings. The number of halogens is 1. The molecule has 1 amide bonds. The lowest BCUT2D eigenvalue weighted by molar-refractivity contribution is -0.113. The number of alkyl halides is 1. The Morgan fingerprint density at radius 1 is 1.64 bits per heavy atom. The first kappa shape index (κ1) is 10.7. The molecule has 1 rings (SSSR count). The highest BCUT2D eigenvalue weighted by atomic mass is 79.9. The average molecular weight is 253 g/mol. The summed E-state index contributed by atoms with van der Waals surface area (Å²) in [5.41, 5.74) is 2.17. The van der Waals surface area contributed by atoms with Crippen molar-refractivity contribution in [2.45, 2.75) is 6.92 Å². The van der Waals surface area contributed by atoms with Crippen LogP contribution in [0.25, 0.3) is 0 Å². The van der Waals surface area contributed by atoms with Gasteiger partial charge in [-0.15, -0.1) is 0 Å². The predicted octanol–water partition coefficient (Wildman–Crippen LogP) is 2.20. The third kappa shape index (κ3) is 2.57. The number of hydrogen-bond acceptors (Lipinski definition) is 2. The van der Waals surface area contributed by atoms with Crippen molar-refractivity contribution < 1.29 is 4.79 Å². The molecule has 0 saturated carbocycles. The number of carbonyl (C=O) groups is 1. The molecule has 72 valence electrons. The van der Waals surface area contributed by atoms with Gasteiger partial charge < -0.3 is 5.32 Å². The lowest BCUT2D eigenvalue weighted by Crippen LogP contribution is -2.13. The highest BCUT2D eigenvalue weighted by molar-refractivity contribution is 9.09. The van der Waals surface area contributed by atoms with Crippen molar-refractivity contribution in [1.82, 2.24) is 0 Å². The number of nitriles is 1. The molecule has 0 bridgehead atoms. The molecule has 0 spiro atoms. The van der Waals surface area contributed by atoms with Crippen molar-refractivity contribution >= 4 is 27.5 Å². The van der Waals surface area contributed by atoms with Gasteiger partial charge in [0.2, 0.25) is 5.91 Å². The van der Waals surface area contributed by atoms with Crippen LogP contribution in [0.15, 0.2) is 18.2 Å². The molecule has 14 heavy (non-hydrogen) atoms. The lowest BCUT2D eigenvalue weighted by Gasteiger charge is -2.06. The fourth-order valence-electron chi connectivity index (χ4n) is 1.01. The van der Waals surface area contributed by atoms with Gasteiger partial charge in [0.05, 0.1) is 17.0 Å². The number of rotatable bonds is 2. The number of nitrogens with one attached hydrogen (secondary N) is 1. The summed E-state index contributed by atoms with van der Waals surface area (Å²) < 4.78 is 0. The van der Waals surface area contributed by atoms with Crippen LogP contribution in [-0.4, -0.2) is 11.2 Å². The average Bonchev–Trinajstić information content (AvgIpc) is 2.21. The summed E-state index contributed by atoms with van der Waals surface area (Å²) in [6.07, 6.45) is 0. The van der Waals surface area contributed by atoms with Gasteiger partial charge in [0, 0.05) is 5.69 Å². The Kier molecular flexibility index (Phi) is 3.66. The Morgan fingerprint density at radius 2 is 2.36 bits per heavy atom. The Balaban J connectivity index is 2.96. The van der Waals surface area contributed by atoms with Gasteiger partial charge in [-0.2, -0.15) is 5.26 Å². The minimum atomic E-state index is -0.122. The SMILES string of the molecule is Cc1ccc(C#N)cc1NC(=O)CBr. The first-order valence-corrected chi connectivity index (χ1v) is 5.16.